The maximum atomic E-state index is 14.6. The predicted molar refractivity (Wildman–Crippen MR) is 505 cm³/mol. The Morgan fingerprint density at radius 3 is 1.06 bits per heavy atom. The summed E-state index contributed by atoms with van der Waals surface area (Å²) < 4.78 is 110. The number of aryl methyl sites for hydroxylation is 10. The van der Waals surface area contributed by atoms with Gasteiger partial charge in [0, 0.05) is 11.1 Å². The maximum absolute atomic E-state index is 14.6. The van der Waals surface area contributed by atoms with Gasteiger partial charge in [0.1, 0.15) is 11.6 Å². The van der Waals surface area contributed by atoms with Crippen molar-refractivity contribution in [3.63, 3.8) is 0 Å². The fourth-order valence-corrected chi connectivity index (χ4v) is 23.5. The van der Waals surface area contributed by atoms with E-state index in [1.54, 1.807) is 24.5 Å². The van der Waals surface area contributed by atoms with E-state index in [1.165, 1.54) is 122 Å². The SMILES string of the molecule is CC(C)(C)[CH]=[W]=[N]c1c(Cl)cccc1Cl.CC(C)([CH]=[Mo]=[N]C12CC3CC(CC(C3)C1)C2)c1ccccc1.CC(C)c1cccc(C(C)C)c1[N]=[W]=[CH]C(C)(C)C.CC(O)(c1ccccc1)C(F)(F)F.CC(O)(c1ccccc1)C(F)(F)F.Cc1cc(C)c(-c2cc(F)cc(-c3c(C)cc(C)cc3C)c2O)c(C)c1.Cc1ccc(C)[n-]1.Cc1ccc(C)[n-]1.c1cc[n-]c1. The first-order valence-electron chi connectivity index (χ1n) is 43.0. The molecule has 0 amide bonds. The number of aromatic nitrogens is 3. The molecule has 0 radical (unpaired) electrons. The van der Waals surface area contributed by atoms with E-state index in [2.05, 4.69) is 188 Å². The van der Waals surface area contributed by atoms with Crippen molar-refractivity contribution >= 4 is 47.8 Å². The summed E-state index contributed by atoms with van der Waals surface area (Å²) in [6.45, 7) is 48.6. The normalized spacial score (nSPS) is 16.4. The van der Waals surface area contributed by atoms with Gasteiger partial charge >= 0.3 is 391 Å². The summed E-state index contributed by atoms with van der Waals surface area (Å²) in [6, 6.07) is 60.0. The Hall–Kier alpha value is -7.52. The third-order valence-corrected chi connectivity index (χ3v) is 33.0. The van der Waals surface area contributed by atoms with Crippen LogP contribution in [-0.4, -0.2) is 46.4 Å². The van der Waals surface area contributed by atoms with Gasteiger partial charge in [-0.2, -0.15) is 61.5 Å². The summed E-state index contributed by atoms with van der Waals surface area (Å²) in [5, 5.41) is 30.8. The number of benzene rings is 8. The number of alkyl halides is 6. The number of rotatable bonds is 11. The molecule has 3 aromatic heterocycles. The summed E-state index contributed by atoms with van der Waals surface area (Å²) in [7, 11) is 0. The van der Waals surface area contributed by atoms with Gasteiger partial charge in [-0.3, -0.25) is 0 Å². The van der Waals surface area contributed by atoms with Crippen molar-refractivity contribution in [2.24, 2.45) is 39.1 Å². The van der Waals surface area contributed by atoms with Crippen LogP contribution in [0.5, 0.6) is 5.75 Å². The fourth-order valence-electron chi connectivity index (χ4n) is 15.5. The second-order valence-electron chi connectivity index (χ2n) is 37.1. The van der Waals surface area contributed by atoms with Crippen LogP contribution in [0.25, 0.3) is 22.3 Å². The molecular formula is C106H130Cl2F7MoN6O3W2-3. The van der Waals surface area contributed by atoms with Crippen molar-refractivity contribution in [1.29, 1.82) is 0 Å². The molecule has 0 aliphatic heterocycles. The summed E-state index contributed by atoms with van der Waals surface area (Å²) in [5.41, 5.74) is 15.4. The molecule has 4 bridgehead atoms. The molecule has 3 N–H and O–H groups in total. The van der Waals surface area contributed by atoms with Gasteiger partial charge in [-0.1, -0.05) is 160 Å². The molecule has 2 unspecified atom stereocenters. The minimum atomic E-state index is -4.64. The number of hydrogen-bond acceptors (Lipinski definition) is 6. The molecular weight excluding hydrogens is 2070 g/mol. The van der Waals surface area contributed by atoms with Gasteiger partial charge in [-0.15, -0.1) is 0 Å². The van der Waals surface area contributed by atoms with Gasteiger partial charge in [0.15, 0.2) is 11.2 Å². The largest absolute Gasteiger partial charge is 0.670 e. The quantitative estimate of drug-likeness (QED) is 0.0870. The van der Waals surface area contributed by atoms with Crippen LogP contribution in [0, 0.1) is 104 Å². The van der Waals surface area contributed by atoms with E-state index < -0.39 is 59.4 Å². The van der Waals surface area contributed by atoms with Crippen molar-refractivity contribution in [1.82, 2.24) is 15.0 Å². The first kappa shape index (κ1) is 108. The van der Waals surface area contributed by atoms with Gasteiger partial charge in [0.2, 0.25) is 0 Å². The van der Waals surface area contributed by atoms with Crippen molar-refractivity contribution in [3.8, 4) is 28.0 Å². The number of hydrogen-bond donors (Lipinski definition) is 3. The Balaban J connectivity index is 0.000000228. The van der Waals surface area contributed by atoms with Crippen LogP contribution in [0.2, 0.25) is 10.0 Å². The number of phenolic OH excluding ortho intramolecular Hbond substituents is 1. The molecule has 8 aromatic carbocycles. The molecule has 4 aliphatic carbocycles. The minimum absolute atomic E-state index is 0.136. The number of nitrogens with zero attached hydrogens (tertiary/aromatic N) is 6. The summed E-state index contributed by atoms with van der Waals surface area (Å²) in [6.07, 6.45) is 3.04. The molecule has 4 saturated carbocycles. The third-order valence-electron chi connectivity index (χ3n) is 21.5. The van der Waals surface area contributed by atoms with Gasteiger partial charge in [-0.05, 0) is 112 Å². The Morgan fingerprint density at radius 2 is 0.764 bits per heavy atom. The van der Waals surface area contributed by atoms with Crippen molar-refractivity contribution in [3.05, 3.63) is 312 Å². The summed E-state index contributed by atoms with van der Waals surface area (Å²) in [5.74, 6) is 3.94. The zero-order chi connectivity index (χ0) is 94.8. The Bertz CT molecular complexity index is 5150. The zero-order valence-electron chi connectivity index (χ0n) is 78.2. The van der Waals surface area contributed by atoms with E-state index >= 15 is 0 Å². The summed E-state index contributed by atoms with van der Waals surface area (Å²) in [4.78, 5) is 11.9. The van der Waals surface area contributed by atoms with Crippen LogP contribution >= 0.6 is 23.2 Å². The maximum Gasteiger partial charge on any atom is 0.421 e. The Labute approximate surface area is 786 Å². The number of aromatic hydroxyl groups is 1. The topological polar surface area (TPSA) is 140 Å². The van der Waals surface area contributed by atoms with E-state index in [9.17, 15) is 46.1 Å². The third kappa shape index (κ3) is 34.3. The summed E-state index contributed by atoms with van der Waals surface area (Å²) >= 11 is 10.1. The van der Waals surface area contributed by atoms with Gasteiger partial charge in [0.25, 0.3) is 0 Å². The average molecular weight is 2200 g/mol. The molecule has 21 heteroatoms. The van der Waals surface area contributed by atoms with E-state index in [-0.39, 0.29) is 51.4 Å². The molecule has 686 valence electrons. The molecule has 9 nitrogen and oxygen atoms in total. The van der Waals surface area contributed by atoms with E-state index in [4.69, 9.17) is 30.2 Å². The van der Waals surface area contributed by atoms with Crippen LogP contribution in [0.15, 0.2) is 223 Å². The Morgan fingerprint density at radius 1 is 0.441 bits per heavy atom. The second kappa shape index (κ2) is 48.6. The molecule has 3 heterocycles. The predicted octanol–water partition coefficient (Wildman–Crippen LogP) is 30.2. The standard InChI is InChI=1S/C24H25FO.C12H17N.C10H15N.C10H12.2C9H9F3O.C6H3Cl2N.2C6H8N.2C5H10.C4H4N.Mo.2W/c1-13-7-15(3)22(16(4)8-13)20-11-19(25)12-21(24(20)26)23-17(5)9-14(2)10-18(23)6;1-8(2)10-6-5-7-11(9(3)4)12(10)13;11-10-4-7-1-8(5-10)3-9(2-7)6-10;1-10(2,3)9-7-5-4-6-8-9;2*1-8(13,9(10,11)12)7-5-3-2-4-6-7;7-4-2-1-3-5(8)6(4)9;2*1-5-3-4-6(2)7-5;2*1-5(2,3)4;1-2-4-5-3-1;;;/h7-12,26H,1-6H3;5-9H,1-4H3;7-9H,1-6H2;1,4-8H,2-3H3;2*2-6,13H,1H3;1-3H;2*3-4H,1-2H3;2*1H,2-4H3;1-4H;;;/q;;;;;;;2*-1;;;-1;;;. The van der Waals surface area contributed by atoms with E-state index in [0.717, 1.165) is 105 Å². The first-order valence-corrected chi connectivity index (χ1v) is 51.8. The second-order valence-corrected chi connectivity index (χ2v) is 44.0. The number of halogens is 9. The minimum Gasteiger partial charge on any atom is -0.670 e. The van der Waals surface area contributed by atoms with Crippen LogP contribution < -0.4 is 15.0 Å². The van der Waals surface area contributed by atoms with Crippen LogP contribution in [0.3, 0.4) is 0 Å². The van der Waals surface area contributed by atoms with Gasteiger partial charge in [0.05, 0.1) is 0 Å². The molecule has 4 fully saturated rings. The number of phenols is 1. The van der Waals surface area contributed by atoms with Gasteiger partial charge < -0.3 is 30.3 Å². The molecule has 0 saturated heterocycles. The molecule has 0 spiro atoms. The van der Waals surface area contributed by atoms with Crippen LogP contribution in [0.4, 0.5) is 42.1 Å². The van der Waals surface area contributed by atoms with Crippen LogP contribution in [-0.2, 0) is 70.4 Å². The zero-order valence-corrected chi connectivity index (χ0v) is 87.6. The number of aliphatic hydroxyl groups is 2. The van der Waals surface area contributed by atoms with Crippen LogP contribution in [0.1, 0.15) is 231 Å². The van der Waals surface area contributed by atoms with Crippen molar-refractivity contribution in [2.75, 3.05) is 0 Å². The van der Waals surface area contributed by atoms with Crippen molar-refractivity contribution < 1.29 is 99.8 Å². The first-order chi connectivity index (χ1) is 59.1. The fraction of sp³-hybridized carbons (Fsp3) is 0.406. The monoisotopic (exact) mass is 2200 g/mol. The van der Waals surface area contributed by atoms with E-state index in [0.29, 0.717) is 44.0 Å². The van der Waals surface area contributed by atoms with Crippen molar-refractivity contribution in [2.45, 2.75) is 251 Å². The Kier molecular flexibility index (Phi) is 41.4. The molecule has 2 atom stereocenters. The smallest absolute Gasteiger partial charge is 0.421 e. The molecule has 4 aliphatic rings. The molecule has 11 aromatic rings. The van der Waals surface area contributed by atoms with E-state index in [1.807, 2.05) is 124 Å². The van der Waals surface area contributed by atoms with Gasteiger partial charge in [-0.25, -0.2) is 4.39 Å². The average Bonchev–Trinajstić information content (AvgIpc) is 0.953. The molecule has 15 rings (SSSR count). The molecule has 127 heavy (non-hydrogen) atoms.